The lowest BCUT2D eigenvalue weighted by atomic mass is 9.85. The number of hydrogen-bond acceptors (Lipinski definition) is 12. The van der Waals surface area contributed by atoms with Crippen molar-refractivity contribution in [3.8, 4) is 11.6 Å². The first-order valence-electron chi connectivity index (χ1n) is 20.2. The molecule has 2 saturated carbocycles. The van der Waals surface area contributed by atoms with Crippen LogP contribution >= 0.6 is 0 Å². The highest BCUT2D eigenvalue weighted by atomic mass is 32.2. The van der Waals surface area contributed by atoms with Gasteiger partial charge in [0.05, 0.1) is 29.9 Å². The van der Waals surface area contributed by atoms with Crippen molar-refractivity contribution in [2.75, 3.05) is 32.6 Å². The topological polar surface area (TPSA) is 198 Å². The molecular formula is C40H54F3N7O9S. The molecule has 4 amide bonds. The van der Waals surface area contributed by atoms with E-state index in [1.165, 1.54) is 12.0 Å². The largest absolute Gasteiger partial charge is 0.497 e. The first-order valence-corrected chi connectivity index (χ1v) is 21.7. The number of rotatable bonds is 10. The molecule has 6 rings (SSSR count). The number of nitrogens with one attached hydrogen (secondary N) is 3. The number of carbonyl (C=O) groups is 4. The van der Waals surface area contributed by atoms with Crippen LogP contribution in [0, 0.1) is 17.8 Å². The van der Waals surface area contributed by atoms with E-state index < -0.39 is 86.4 Å². The quantitative estimate of drug-likeness (QED) is 0.286. The highest BCUT2D eigenvalue weighted by Crippen LogP contribution is 2.46. The Labute approximate surface area is 347 Å². The molecule has 0 spiro atoms. The Morgan fingerprint density at radius 1 is 1.08 bits per heavy atom. The second-order valence-electron chi connectivity index (χ2n) is 17.1. The number of alkyl halides is 3. The normalized spacial score (nSPS) is 28.3. The Balaban J connectivity index is 1.38. The molecule has 60 heavy (non-hydrogen) atoms. The van der Waals surface area contributed by atoms with Gasteiger partial charge >= 0.3 is 12.3 Å². The van der Waals surface area contributed by atoms with Crippen LogP contribution in [0.4, 0.5) is 23.8 Å². The summed E-state index contributed by atoms with van der Waals surface area (Å²) in [6.45, 7) is 4.90. The summed E-state index contributed by atoms with van der Waals surface area (Å²) in [5.41, 5.74) is -3.57. The van der Waals surface area contributed by atoms with Gasteiger partial charge in [0, 0.05) is 32.5 Å². The van der Waals surface area contributed by atoms with Gasteiger partial charge in [0.15, 0.2) is 5.82 Å². The van der Waals surface area contributed by atoms with Crippen molar-refractivity contribution in [3.05, 3.63) is 30.4 Å². The third-order valence-electron chi connectivity index (χ3n) is 11.8. The summed E-state index contributed by atoms with van der Waals surface area (Å²) in [4.78, 5) is 68.9. The van der Waals surface area contributed by atoms with Crippen molar-refractivity contribution in [2.24, 2.45) is 17.8 Å². The fourth-order valence-corrected chi connectivity index (χ4v) is 9.19. The minimum Gasteiger partial charge on any atom is -0.497 e. The van der Waals surface area contributed by atoms with Crippen molar-refractivity contribution in [1.82, 2.24) is 30.2 Å². The summed E-state index contributed by atoms with van der Waals surface area (Å²) in [6, 6.07) is 2.32. The monoisotopic (exact) mass is 865 g/mol. The number of ether oxygens (including phenoxy) is 3. The minimum absolute atomic E-state index is 0.0403. The maximum absolute atomic E-state index is 14.9. The fraction of sp³-hybridized carbons (Fsp3) is 0.650. The first kappa shape index (κ1) is 44.7. The second kappa shape index (κ2) is 16.9. The molecule has 7 atom stereocenters. The van der Waals surface area contributed by atoms with Crippen molar-refractivity contribution in [3.63, 3.8) is 0 Å². The Kier molecular flexibility index (Phi) is 12.6. The average molecular weight is 866 g/mol. The SMILES string of the molecule is CC[C@@H]1C[C@H](C)CC/C=C\[C@@H]2C[C@@]2(C(=O)NS(=O)(=O)C2CC2)NC(=O)[C@@H]2C[C@@H](Oc3nc4ccc(OC)cc4nc3N(C)C)CN2C(=O)[C@H]1NC(=O)OC(C)(C)C(F)(F)F. The standard InChI is InChI=1S/C40H54F3N7O9S/c1-8-23-17-22(2)11-9-10-12-24-20-39(24,36(53)48-60(55,56)27-14-15-27)47-33(51)30-19-26(21-50(30)35(52)31(23)46-37(54)59-38(3,4)40(41,42)43)58-34-32(49(5)6)44-29-18-25(57-7)13-16-28(29)45-34/h10,12-13,16,18,22-24,26-27,30-31H,8-9,11,14-15,17,19-21H2,1-7H3,(H,46,54)(H,47,51)(H,48,53)/b12-10-/t22-,23-,24-,26-,30+,31+,39-/m1/s1. The third-order valence-corrected chi connectivity index (χ3v) is 13.6. The van der Waals surface area contributed by atoms with Gasteiger partial charge in [-0.3, -0.25) is 19.1 Å². The number of methoxy groups -OCH3 is 1. The van der Waals surface area contributed by atoms with Gasteiger partial charge in [-0.15, -0.1) is 0 Å². The summed E-state index contributed by atoms with van der Waals surface area (Å²) < 4.78 is 86.1. The molecule has 0 bridgehead atoms. The van der Waals surface area contributed by atoms with Gasteiger partial charge in [-0.2, -0.15) is 13.2 Å². The van der Waals surface area contributed by atoms with Gasteiger partial charge in [-0.25, -0.2) is 23.2 Å². The van der Waals surface area contributed by atoms with Crippen molar-refractivity contribution >= 4 is 50.7 Å². The van der Waals surface area contributed by atoms with E-state index >= 15 is 0 Å². The number of nitrogens with zero attached hydrogens (tertiary/aromatic N) is 4. The summed E-state index contributed by atoms with van der Waals surface area (Å²) in [5, 5.41) is 4.52. The zero-order chi connectivity index (χ0) is 43.9. The Bertz CT molecular complexity index is 2130. The number of aromatic nitrogens is 2. The van der Waals surface area contributed by atoms with Gasteiger partial charge in [0.25, 0.3) is 11.8 Å². The van der Waals surface area contributed by atoms with Crippen LogP contribution in [0.5, 0.6) is 11.6 Å². The Morgan fingerprint density at radius 3 is 2.43 bits per heavy atom. The number of halogens is 3. The number of alkyl carbamates (subject to hydrolysis) is 1. The van der Waals surface area contributed by atoms with Crippen LogP contribution in [-0.4, -0.2) is 116 Å². The predicted molar refractivity (Wildman–Crippen MR) is 213 cm³/mol. The summed E-state index contributed by atoms with van der Waals surface area (Å²) in [7, 11) is 0.988. The lowest BCUT2D eigenvalue weighted by Crippen LogP contribution is -2.59. The highest BCUT2D eigenvalue weighted by Gasteiger charge is 2.62. The second-order valence-corrected chi connectivity index (χ2v) is 19.0. The molecule has 3 heterocycles. The molecular weight excluding hydrogens is 812 g/mol. The predicted octanol–water partition coefficient (Wildman–Crippen LogP) is 4.37. The number of hydrogen-bond donors (Lipinski definition) is 3. The maximum Gasteiger partial charge on any atom is 0.427 e. The van der Waals surface area contributed by atoms with E-state index in [1.807, 2.05) is 13.0 Å². The molecule has 4 aliphatic rings. The van der Waals surface area contributed by atoms with Crippen LogP contribution in [0.25, 0.3) is 11.0 Å². The third kappa shape index (κ3) is 9.52. The van der Waals surface area contributed by atoms with Crippen LogP contribution < -0.4 is 29.7 Å². The molecule has 330 valence electrons. The van der Waals surface area contributed by atoms with E-state index in [-0.39, 0.29) is 31.2 Å². The smallest absolute Gasteiger partial charge is 0.427 e. The molecule has 3 fully saturated rings. The van der Waals surface area contributed by atoms with Gasteiger partial charge in [-0.05, 0) is 76.3 Å². The molecule has 2 aromatic rings. The number of anilines is 1. The number of carbonyl (C=O) groups excluding carboxylic acids is 4. The number of fused-ring (bicyclic) bond motifs is 3. The first-order chi connectivity index (χ1) is 28.1. The molecule has 0 unspecified atom stereocenters. The van der Waals surface area contributed by atoms with Crippen molar-refractivity contribution in [2.45, 2.75) is 120 Å². The molecule has 0 radical (unpaired) electrons. The highest BCUT2D eigenvalue weighted by molar-refractivity contribution is 7.91. The molecule has 16 nitrogen and oxygen atoms in total. The van der Waals surface area contributed by atoms with Crippen LogP contribution in [0.2, 0.25) is 0 Å². The van der Waals surface area contributed by atoms with E-state index in [0.717, 1.165) is 0 Å². The van der Waals surface area contributed by atoms with E-state index in [4.69, 9.17) is 24.2 Å². The zero-order valence-corrected chi connectivity index (χ0v) is 35.6. The van der Waals surface area contributed by atoms with Gasteiger partial charge in [0.1, 0.15) is 29.5 Å². The zero-order valence-electron chi connectivity index (χ0n) is 34.8. The molecule has 1 aromatic carbocycles. The van der Waals surface area contributed by atoms with Gasteiger partial charge < -0.3 is 34.6 Å². The van der Waals surface area contributed by atoms with E-state index in [0.29, 0.717) is 75.0 Å². The number of benzene rings is 1. The van der Waals surface area contributed by atoms with Crippen LogP contribution in [0.3, 0.4) is 0 Å². The summed E-state index contributed by atoms with van der Waals surface area (Å²) in [5.74, 6) is -2.68. The molecule has 1 aromatic heterocycles. The maximum atomic E-state index is 14.9. The Hall–Kier alpha value is -4.88. The number of allylic oxidation sites excluding steroid dienone is 1. The minimum atomic E-state index is -4.92. The van der Waals surface area contributed by atoms with E-state index in [1.54, 1.807) is 50.2 Å². The number of amides is 4. The van der Waals surface area contributed by atoms with E-state index in [9.17, 15) is 40.8 Å². The summed E-state index contributed by atoms with van der Waals surface area (Å²) in [6.07, 6.45) is -1.01. The van der Waals surface area contributed by atoms with Crippen molar-refractivity contribution < 1.29 is 55.0 Å². The van der Waals surface area contributed by atoms with Crippen LogP contribution in [-0.2, 0) is 29.1 Å². The van der Waals surface area contributed by atoms with Gasteiger partial charge in [-0.1, -0.05) is 32.4 Å². The fourth-order valence-electron chi connectivity index (χ4n) is 7.83. The van der Waals surface area contributed by atoms with Crippen molar-refractivity contribution in [1.29, 1.82) is 0 Å². The van der Waals surface area contributed by atoms with Gasteiger partial charge in [0.2, 0.25) is 27.4 Å². The molecule has 1 saturated heterocycles. The number of sulfonamides is 1. The van der Waals surface area contributed by atoms with Crippen LogP contribution in [0.1, 0.15) is 79.1 Å². The molecule has 2 aliphatic carbocycles. The lowest BCUT2D eigenvalue weighted by molar-refractivity contribution is -0.244. The molecule has 2 aliphatic heterocycles. The Morgan fingerprint density at radius 2 is 1.80 bits per heavy atom. The summed E-state index contributed by atoms with van der Waals surface area (Å²) >= 11 is 0. The lowest BCUT2D eigenvalue weighted by Gasteiger charge is -2.35. The molecule has 20 heteroatoms. The van der Waals surface area contributed by atoms with Crippen LogP contribution in [0.15, 0.2) is 30.4 Å². The average Bonchev–Trinajstić information content (AvgIpc) is 4.10. The molecule has 3 N–H and O–H groups in total. The van der Waals surface area contributed by atoms with E-state index in [2.05, 4.69) is 15.4 Å².